The minimum Gasteiger partial charge on any atom is -0.325 e. The van der Waals surface area contributed by atoms with E-state index in [-0.39, 0.29) is 0 Å². The normalized spacial score (nSPS) is 11.3. The van der Waals surface area contributed by atoms with Gasteiger partial charge in [0, 0.05) is 18.1 Å². The summed E-state index contributed by atoms with van der Waals surface area (Å²) in [7, 11) is 0. The van der Waals surface area contributed by atoms with Crippen LogP contribution in [-0.4, -0.2) is 24.7 Å². The van der Waals surface area contributed by atoms with E-state index in [0.717, 1.165) is 29.3 Å². The number of fused-ring (bicyclic) bond motifs is 1. The molecule has 21 heavy (non-hydrogen) atoms. The molecule has 0 saturated carbocycles. The Morgan fingerprint density at radius 2 is 2.24 bits per heavy atom. The number of thiazole rings is 1. The molecule has 0 bridgehead atoms. The van der Waals surface area contributed by atoms with E-state index in [1.54, 1.807) is 11.3 Å². The van der Waals surface area contributed by atoms with Crippen molar-refractivity contribution in [3.8, 4) is 11.5 Å². The highest BCUT2D eigenvalue weighted by Gasteiger charge is 2.11. The summed E-state index contributed by atoms with van der Waals surface area (Å²) in [4.78, 5) is 8.80. The summed E-state index contributed by atoms with van der Waals surface area (Å²) in [6, 6.07) is 8.24. The van der Waals surface area contributed by atoms with Gasteiger partial charge in [-0.3, -0.25) is 5.10 Å². The lowest BCUT2D eigenvalue weighted by molar-refractivity contribution is 0.808. The van der Waals surface area contributed by atoms with Crippen molar-refractivity contribution < 1.29 is 0 Å². The molecule has 0 aliphatic rings. The van der Waals surface area contributed by atoms with E-state index in [0.29, 0.717) is 0 Å². The lowest BCUT2D eigenvalue weighted by Gasteiger charge is -2.07. The number of aromatic amines is 1. The monoisotopic (exact) mass is 295 g/mol. The number of imidazole rings is 1. The van der Waals surface area contributed by atoms with E-state index in [4.69, 9.17) is 0 Å². The molecule has 3 heterocycles. The van der Waals surface area contributed by atoms with Crippen LogP contribution >= 0.6 is 11.3 Å². The van der Waals surface area contributed by atoms with Gasteiger partial charge in [0.15, 0.2) is 5.82 Å². The predicted octanol–water partition coefficient (Wildman–Crippen LogP) is 3.24. The summed E-state index contributed by atoms with van der Waals surface area (Å²) < 4.78 is 3.35. The van der Waals surface area contributed by atoms with E-state index in [9.17, 15) is 0 Å². The number of aromatic nitrogens is 5. The molecule has 104 valence electrons. The molecule has 4 aromatic rings. The van der Waals surface area contributed by atoms with Crippen molar-refractivity contribution in [1.82, 2.24) is 24.7 Å². The smallest absolute Gasteiger partial charge is 0.160 e. The Balaban J connectivity index is 1.75. The van der Waals surface area contributed by atoms with Gasteiger partial charge >= 0.3 is 0 Å². The van der Waals surface area contributed by atoms with Crippen LogP contribution < -0.4 is 0 Å². The second kappa shape index (κ2) is 4.82. The first kappa shape index (κ1) is 12.3. The van der Waals surface area contributed by atoms with Crippen molar-refractivity contribution in [2.24, 2.45) is 0 Å². The first-order valence-electron chi connectivity index (χ1n) is 6.66. The highest BCUT2D eigenvalue weighted by molar-refractivity contribution is 7.16. The molecular weight excluding hydrogens is 282 g/mol. The van der Waals surface area contributed by atoms with Crippen LogP contribution in [-0.2, 0) is 6.54 Å². The SMILES string of the molecule is Cc1cc(-c2nccn2Cc2cccc3ncsc23)n[nH]1. The van der Waals surface area contributed by atoms with Gasteiger partial charge < -0.3 is 4.57 Å². The minimum absolute atomic E-state index is 0.765. The molecule has 0 aliphatic heterocycles. The molecule has 0 atom stereocenters. The van der Waals surface area contributed by atoms with Gasteiger partial charge in [0.05, 0.1) is 22.3 Å². The number of rotatable bonds is 3. The maximum atomic E-state index is 4.43. The van der Waals surface area contributed by atoms with E-state index in [1.165, 1.54) is 10.3 Å². The third-order valence-electron chi connectivity index (χ3n) is 3.43. The Labute approximate surface area is 125 Å². The van der Waals surface area contributed by atoms with Gasteiger partial charge in [-0.25, -0.2) is 9.97 Å². The third-order valence-corrected chi connectivity index (χ3v) is 4.35. The van der Waals surface area contributed by atoms with Crippen LogP contribution in [0.2, 0.25) is 0 Å². The van der Waals surface area contributed by atoms with Crippen LogP contribution in [0.25, 0.3) is 21.7 Å². The lowest BCUT2D eigenvalue weighted by Crippen LogP contribution is -2.01. The molecule has 5 nitrogen and oxygen atoms in total. The Hall–Kier alpha value is -2.47. The zero-order chi connectivity index (χ0) is 14.2. The fourth-order valence-corrected chi connectivity index (χ4v) is 3.25. The van der Waals surface area contributed by atoms with Gasteiger partial charge in [-0.1, -0.05) is 12.1 Å². The lowest BCUT2D eigenvalue weighted by atomic mass is 10.2. The molecule has 0 fully saturated rings. The molecule has 1 aromatic carbocycles. The molecular formula is C15H13N5S. The third kappa shape index (κ3) is 2.13. The molecule has 0 aliphatic carbocycles. The standard InChI is InChI=1S/C15H13N5S/c1-10-7-13(19-18-10)15-16-5-6-20(15)8-11-3-2-4-12-14(11)21-9-17-12/h2-7,9H,8H2,1H3,(H,18,19). The molecule has 3 aromatic heterocycles. The van der Waals surface area contributed by atoms with Crippen molar-refractivity contribution >= 4 is 21.6 Å². The molecule has 1 N–H and O–H groups in total. The summed E-state index contributed by atoms with van der Waals surface area (Å²) in [5.41, 5.74) is 6.09. The topological polar surface area (TPSA) is 59.4 Å². The number of aryl methyl sites for hydroxylation is 1. The summed E-state index contributed by atoms with van der Waals surface area (Å²) in [6.45, 7) is 2.75. The van der Waals surface area contributed by atoms with Crippen molar-refractivity contribution in [3.05, 3.63) is 53.4 Å². The van der Waals surface area contributed by atoms with Crippen molar-refractivity contribution in [1.29, 1.82) is 0 Å². The maximum absolute atomic E-state index is 4.43. The number of nitrogens with one attached hydrogen (secondary N) is 1. The Bertz CT molecular complexity index is 901. The van der Waals surface area contributed by atoms with E-state index in [2.05, 4.69) is 30.8 Å². The quantitative estimate of drug-likeness (QED) is 0.631. The number of benzene rings is 1. The van der Waals surface area contributed by atoms with Gasteiger partial charge in [-0.15, -0.1) is 11.3 Å². The average Bonchev–Trinajstić information content (AvgIpc) is 3.18. The van der Waals surface area contributed by atoms with Gasteiger partial charge in [-0.2, -0.15) is 5.10 Å². The van der Waals surface area contributed by atoms with Gasteiger partial charge in [0.1, 0.15) is 5.69 Å². The largest absolute Gasteiger partial charge is 0.325 e. The molecule has 0 amide bonds. The highest BCUT2D eigenvalue weighted by atomic mass is 32.1. The second-order valence-electron chi connectivity index (χ2n) is 4.93. The molecule has 0 unspecified atom stereocenters. The zero-order valence-electron chi connectivity index (χ0n) is 11.4. The van der Waals surface area contributed by atoms with Crippen molar-refractivity contribution in [2.75, 3.05) is 0 Å². The first-order valence-corrected chi connectivity index (χ1v) is 7.54. The summed E-state index contributed by atoms with van der Waals surface area (Å²) in [5.74, 6) is 0.876. The summed E-state index contributed by atoms with van der Waals surface area (Å²) in [5, 5.41) is 7.26. The average molecular weight is 295 g/mol. The van der Waals surface area contributed by atoms with Crippen LogP contribution in [0, 0.1) is 6.92 Å². The zero-order valence-corrected chi connectivity index (χ0v) is 12.3. The Morgan fingerprint density at radius 3 is 3.10 bits per heavy atom. The van der Waals surface area contributed by atoms with Gasteiger partial charge in [0.25, 0.3) is 0 Å². The Morgan fingerprint density at radius 1 is 1.29 bits per heavy atom. The van der Waals surface area contributed by atoms with Gasteiger partial charge in [-0.05, 0) is 24.6 Å². The molecule has 0 spiro atoms. The van der Waals surface area contributed by atoms with Gasteiger partial charge in [0.2, 0.25) is 0 Å². The number of H-pyrrole nitrogens is 1. The number of hydrogen-bond donors (Lipinski definition) is 1. The summed E-state index contributed by atoms with van der Waals surface area (Å²) in [6.07, 6.45) is 3.80. The molecule has 0 saturated heterocycles. The van der Waals surface area contributed by atoms with Crippen LogP contribution in [0.1, 0.15) is 11.3 Å². The maximum Gasteiger partial charge on any atom is 0.160 e. The van der Waals surface area contributed by atoms with Crippen LogP contribution in [0.3, 0.4) is 0 Å². The number of hydrogen-bond acceptors (Lipinski definition) is 4. The predicted molar refractivity (Wildman–Crippen MR) is 83.3 cm³/mol. The highest BCUT2D eigenvalue weighted by Crippen LogP contribution is 2.24. The Kier molecular flexibility index (Phi) is 2.82. The van der Waals surface area contributed by atoms with Crippen molar-refractivity contribution in [2.45, 2.75) is 13.5 Å². The molecule has 4 rings (SSSR count). The molecule has 0 radical (unpaired) electrons. The molecule has 6 heteroatoms. The fraction of sp³-hybridized carbons (Fsp3) is 0.133. The number of nitrogens with zero attached hydrogens (tertiary/aromatic N) is 4. The van der Waals surface area contributed by atoms with Crippen LogP contribution in [0.15, 0.2) is 42.2 Å². The van der Waals surface area contributed by atoms with Crippen molar-refractivity contribution in [3.63, 3.8) is 0 Å². The van der Waals surface area contributed by atoms with E-state index in [1.807, 2.05) is 43.0 Å². The van der Waals surface area contributed by atoms with Crippen LogP contribution in [0.4, 0.5) is 0 Å². The minimum atomic E-state index is 0.765. The second-order valence-corrected chi connectivity index (χ2v) is 5.79. The first-order chi connectivity index (χ1) is 10.3. The fourth-order valence-electron chi connectivity index (χ4n) is 2.46. The van der Waals surface area contributed by atoms with E-state index >= 15 is 0 Å². The van der Waals surface area contributed by atoms with E-state index < -0.39 is 0 Å². The van der Waals surface area contributed by atoms with Crippen LogP contribution in [0.5, 0.6) is 0 Å². The summed E-state index contributed by atoms with van der Waals surface area (Å²) >= 11 is 1.67.